The molecule has 2 saturated carbocycles. The van der Waals surface area contributed by atoms with Crippen LogP contribution < -0.4 is 0 Å². The molecule has 80 valence electrons. The Hall–Kier alpha value is -0.0800. The minimum atomic E-state index is -0.184. The Bertz CT molecular complexity index is 249. The molecule has 4 aliphatic rings. The normalized spacial score (nSPS) is 54.6. The molecule has 14 heavy (non-hydrogen) atoms. The molecule has 1 N–H and O–H groups in total. The standard InChI is InChI=1S/C12H20O2/c1-12(2)9-4-7-3-8(6-9)11(13)10(5-7)14-12/h7-11,13H,3-6H2,1-2H3. The van der Waals surface area contributed by atoms with Crippen molar-refractivity contribution in [2.75, 3.05) is 0 Å². The summed E-state index contributed by atoms with van der Waals surface area (Å²) < 4.78 is 6.09. The lowest BCUT2D eigenvalue weighted by Gasteiger charge is -2.41. The van der Waals surface area contributed by atoms with Crippen molar-refractivity contribution in [3.05, 3.63) is 0 Å². The lowest BCUT2D eigenvalue weighted by atomic mass is 9.64. The third kappa shape index (κ3) is 1.17. The van der Waals surface area contributed by atoms with Gasteiger partial charge in [0.05, 0.1) is 17.8 Å². The van der Waals surface area contributed by atoms with Crippen LogP contribution in [0.2, 0.25) is 0 Å². The number of aliphatic hydroxyl groups is 1. The van der Waals surface area contributed by atoms with Crippen LogP contribution in [0.3, 0.4) is 0 Å². The molecule has 2 aliphatic heterocycles. The molecule has 0 aromatic carbocycles. The van der Waals surface area contributed by atoms with Gasteiger partial charge < -0.3 is 9.84 Å². The summed E-state index contributed by atoms with van der Waals surface area (Å²) in [5, 5.41) is 10.1. The van der Waals surface area contributed by atoms with Crippen molar-refractivity contribution in [2.45, 2.75) is 57.3 Å². The van der Waals surface area contributed by atoms with Crippen molar-refractivity contribution >= 4 is 0 Å². The van der Waals surface area contributed by atoms with E-state index in [0.717, 1.165) is 12.3 Å². The molecule has 0 radical (unpaired) electrons. The van der Waals surface area contributed by atoms with Gasteiger partial charge >= 0.3 is 0 Å². The Labute approximate surface area is 85.6 Å². The first-order valence-corrected chi connectivity index (χ1v) is 5.92. The highest BCUT2D eigenvalue weighted by Gasteiger charge is 2.51. The zero-order valence-corrected chi connectivity index (χ0v) is 9.07. The van der Waals surface area contributed by atoms with E-state index in [2.05, 4.69) is 13.8 Å². The van der Waals surface area contributed by atoms with Gasteiger partial charge in [-0.3, -0.25) is 0 Å². The SMILES string of the molecule is CC1(C)OC2CC3CC(CC1C3)C2O. The summed E-state index contributed by atoms with van der Waals surface area (Å²) in [5.74, 6) is 2.03. The van der Waals surface area contributed by atoms with Crippen LogP contribution in [0.15, 0.2) is 0 Å². The Balaban J connectivity index is 1.97. The highest BCUT2D eigenvalue weighted by atomic mass is 16.5. The van der Waals surface area contributed by atoms with Crippen LogP contribution in [-0.2, 0) is 4.74 Å². The van der Waals surface area contributed by atoms with Crippen LogP contribution in [0.25, 0.3) is 0 Å². The predicted molar refractivity (Wildman–Crippen MR) is 53.9 cm³/mol. The summed E-state index contributed by atoms with van der Waals surface area (Å²) in [5.41, 5.74) is -0.00440. The number of hydrogen-bond donors (Lipinski definition) is 1. The monoisotopic (exact) mass is 196 g/mol. The van der Waals surface area contributed by atoms with E-state index in [9.17, 15) is 5.11 Å². The second-order valence-electron chi connectivity index (χ2n) is 6.02. The lowest BCUT2D eigenvalue weighted by Crippen LogP contribution is -2.42. The predicted octanol–water partition coefficient (Wildman–Crippen LogP) is 1.96. The summed E-state index contributed by atoms with van der Waals surface area (Å²) in [7, 11) is 0. The molecule has 2 saturated heterocycles. The minimum Gasteiger partial charge on any atom is -0.390 e. The zero-order chi connectivity index (χ0) is 9.92. The lowest BCUT2D eigenvalue weighted by molar-refractivity contribution is -0.128. The largest absolute Gasteiger partial charge is 0.390 e. The summed E-state index contributed by atoms with van der Waals surface area (Å²) in [6.07, 6.45) is 4.79. The first-order chi connectivity index (χ1) is 6.56. The maximum atomic E-state index is 10.1. The molecule has 0 aromatic heterocycles. The van der Waals surface area contributed by atoms with Gasteiger partial charge in [-0.05, 0) is 57.3 Å². The number of aliphatic hydroxyl groups excluding tert-OH is 1. The van der Waals surface area contributed by atoms with Crippen molar-refractivity contribution in [3.8, 4) is 0 Å². The average Bonchev–Trinajstić information content (AvgIpc) is 2.23. The average molecular weight is 196 g/mol. The first-order valence-electron chi connectivity index (χ1n) is 5.92. The molecule has 0 spiro atoms. The Kier molecular flexibility index (Phi) is 1.79. The molecule has 4 fully saturated rings. The van der Waals surface area contributed by atoms with E-state index in [0.29, 0.717) is 11.8 Å². The molecule has 2 nitrogen and oxygen atoms in total. The maximum Gasteiger partial charge on any atom is 0.0846 e. The minimum absolute atomic E-state index is 0.00440. The molecule has 2 aliphatic carbocycles. The van der Waals surface area contributed by atoms with Gasteiger partial charge in [0.25, 0.3) is 0 Å². The number of fused-ring (bicyclic) bond motifs is 1. The van der Waals surface area contributed by atoms with E-state index in [1.807, 2.05) is 0 Å². The van der Waals surface area contributed by atoms with E-state index in [1.165, 1.54) is 19.3 Å². The highest BCUT2D eigenvalue weighted by Crippen LogP contribution is 2.51. The van der Waals surface area contributed by atoms with Gasteiger partial charge in [-0.1, -0.05) is 0 Å². The maximum absolute atomic E-state index is 10.1. The van der Waals surface area contributed by atoms with Gasteiger partial charge in [-0.15, -0.1) is 0 Å². The smallest absolute Gasteiger partial charge is 0.0846 e. The molecule has 4 rings (SSSR count). The van der Waals surface area contributed by atoms with Crippen molar-refractivity contribution in [2.24, 2.45) is 17.8 Å². The van der Waals surface area contributed by atoms with E-state index >= 15 is 0 Å². The molecule has 5 atom stereocenters. The number of rotatable bonds is 0. The molecule has 0 amide bonds. The summed E-state index contributed by atoms with van der Waals surface area (Å²) >= 11 is 0. The van der Waals surface area contributed by atoms with Crippen molar-refractivity contribution in [3.63, 3.8) is 0 Å². The Morgan fingerprint density at radius 1 is 1.14 bits per heavy atom. The van der Waals surface area contributed by atoms with Crippen molar-refractivity contribution in [1.29, 1.82) is 0 Å². The second kappa shape index (κ2) is 2.73. The summed E-state index contributed by atoms with van der Waals surface area (Å²) in [4.78, 5) is 0. The Morgan fingerprint density at radius 3 is 2.71 bits per heavy atom. The van der Waals surface area contributed by atoms with Crippen molar-refractivity contribution in [1.82, 2.24) is 0 Å². The van der Waals surface area contributed by atoms with E-state index in [4.69, 9.17) is 4.74 Å². The van der Waals surface area contributed by atoms with Crippen LogP contribution in [0, 0.1) is 17.8 Å². The van der Waals surface area contributed by atoms with Gasteiger partial charge in [0.15, 0.2) is 0 Å². The first kappa shape index (κ1) is 9.17. The van der Waals surface area contributed by atoms with Gasteiger partial charge in [0.1, 0.15) is 0 Å². The van der Waals surface area contributed by atoms with E-state index in [1.54, 1.807) is 0 Å². The Morgan fingerprint density at radius 2 is 1.93 bits per heavy atom. The number of hydrogen-bond acceptors (Lipinski definition) is 2. The summed E-state index contributed by atoms with van der Waals surface area (Å²) in [6, 6.07) is 0. The van der Waals surface area contributed by atoms with Gasteiger partial charge in [0, 0.05) is 0 Å². The van der Waals surface area contributed by atoms with Crippen LogP contribution in [0.5, 0.6) is 0 Å². The number of ether oxygens (including phenoxy) is 1. The van der Waals surface area contributed by atoms with Crippen LogP contribution in [-0.4, -0.2) is 22.9 Å². The molecule has 2 heterocycles. The van der Waals surface area contributed by atoms with Gasteiger partial charge in [-0.25, -0.2) is 0 Å². The summed E-state index contributed by atoms with van der Waals surface area (Å²) in [6.45, 7) is 4.40. The van der Waals surface area contributed by atoms with Crippen LogP contribution >= 0.6 is 0 Å². The molecular formula is C12H20O2. The topological polar surface area (TPSA) is 29.5 Å². The van der Waals surface area contributed by atoms with Gasteiger partial charge in [-0.2, -0.15) is 0 Å². The quantitative estimate of drug-likeness (QED) is 0.641. The van der Waals surface area contributed by atoms with Crippen LogP contribution in [0.1, 0.15) is 39.5 Å². The van der Waals surface area contributed by atoms with Crippen molar-refractivity contribution < 1.29 is 9.84 Å². The van der Waals surface area contributed by atoms with Crippen LogP contribution in [0.4, 0.5) is 0 Å². The second-order valence-corrected chi connectivity index (χ2v) is 6.02. The fourth-order valence-corrected chi connectivity index (χ4v) is 3.90. The van der Waals surface area contributed by atoms with E-state index in [-0.39, 0.29) is 17.8 Å². The van der Waals surface area contributed by atoms with E-state index < -0.39 is 0 Å². The molecule has 4 bridgehead atoms. The fraction of sp³-hybridized carbons (Fsp3) is 1.00. The fourth-order valence-electron chi connectivity index (χ4n) is 3.90. The highest BCUT2D eigenvalue weighted by molar-refractivity contribution is 5.01. The molecular weight excluding hydrogens is 176 g/mol. The van der Waals surface area contributed by atoms with Gasteiger partial charge in [0.2, 0.25) is 0 Å². The third-order valence-corrected chi connectivity index (χ3v) is 4.71. The molecule has 0 aromatic rings. The zero-order valence-electron chi connectivity index (χ0n) is 9.07. The molecule has 5 unspecified atom stereocenters. The third-order valence-electron chi connectivity index (χ3n) is 4.71. The molecule has 2 heteroatoms.